The van der Waals surface area contributed by atoms with Crippen LogP contribution >= 0.6 is 0 Å². The smallest absolute Gasteiger partial charge is 0.112 e. The molecule has 0 saturated carbocycles. The number of anilines is 1. The van der Waals surface area contributed by atoms with Crippen LogP contribution in [-0.4, -0.2) is 26.1 Å². The maximum atomic E-state index is 8.84. The molecule has 1 aromatic rings. The Bertz CT molecular complexity index is 355. The van der Waals surface area contributed by atoms with E-state index in [2.05, 4.69) is 20.8 Å². The van der Waals surface area contributed by atoms with Gasteiger partial charge in [-0.15, -0.1) is 0 Å². The number of benzene rings is 1. The highest BCUT2D eigenvalue weighted by atomic mass is 16.2. The predicted octanol–water partition coefficient (Wildman–Crippen LogP) is 0.135. The van der Waals surface area contributed by atoms with E-state index in [1.165, 1.54) is 5.56 Å². The van der Waals surface area contributed by atoms with Gasteiger partial charge < -0.3 is 16.6 Å². The molecule has 5 N–H and O–H groups in total. The van der Waals surface area contributed by atoms with Gasteiger partial charge in [-0.25, -0.2) is 0 Å². The van der Waals surface area contributed by atoms with Crippen LogP contribution in [0.3, 0.4) is 0 Å². The van der Waals surface area contributed by atoms with Crippen LogP contribution in [0.5, 0.6) is 0 Å². The second kappa shape index (κ2) is 5.92. The van der Waals surface area contributed by atoms with Crippen molar-refractivity contribution in [2.75, 3.05) is 18.9 Å². The molecule has 4 heteroatoms. The minimum absolute atomic E-state index is 0.203. The van der Waals surface area contributed by atoms with Crippen molar-refractivity contribution >= 4 is 13.5 Å². The van der Waals surface area contributed by atoms with Crippen molar-refractivity contribution in [1.29, 1.82) is 0 Å². The number of aliphatic hydroxyl groups excluding tert-OH is 1. The van der Waals surface area contributed by atoms with Crippen molar-refractivity contribution in [2.45, 2.75) is 25.6 Å². The molecular weight excluding hydrogens is 199 g/mol. The SMILES string of the molecule is BC(CN)c1c(C)ccc(CCCO)c1N. The van der Waals surface area contributed by atoms with Gasteiger partial charge in [-0.2, -0.15) is 0 Å². The van der Waals surface area contributed by atoms with Crippen molar-refractivity contribution in [3.63, 3.8) is 0 Å². The molecule has 1 aromatic carbocycles. The molecule has 1 rings (SSSR count). The summed E-state index contributed by atoms with van der Waals surface area (Å²) in [6.07, 6.45) is 1.58. The number of nitrogens with two attached hydrogens (primary N) is 2. The summed E-state index contributed by atoms with van der Waals surface area (Å²) in [7, 11) is 2.09. The largest absolute Gasteiger partial charge is 0.398 e. The second-order valence-electron chi connectivity index (χ2n) is 4.33. The first kappa shape index (κ1) is 13.1. The number of hydrogen-bond donors (Lipinski definition) is 3. The molecule has 0 aliphatic heterocycles. The predicted molar refractivity (Wildman–Crippen MR) is 71.3 cm³/mol. The maximum Gasteiger partial charge on any atom is 0.112 e. The Kier molecular flexibility index (Phi) is 4.84. The van der Waals surface area contributed by atoms with Crippen LogP contribution in [0.2, 0.25) is 0 Å². The summed E-state index contributed by atoms with van der Waals surface area (Å²) in [5, 5.41) is 8.84. The molecule has 0 saturated heterocycles. The van der Waals surface area contributed by atoms with Gasteiger partial charge in [0.1, 0.15) is 7.85 Å². The molecule has 0 aliphatic carbocycles. The minimum atomic E-state index is 0.203. The summed E-state index contributed by atoms with van der Waals surface area (Å²) in [6.45, 7) is 2.87. The summed E-state index contributed by atoms with van der Waals surface area (Å²) in [5.41, 5.74) is 16.2. The van der Waals surface area contributed by atoms with Crippen LogP contribution in [0, 0.1) is 6.92 Å². The van der Waals surface area contributed by atoms with Gasteiger partial charge >= 0.3 is 0 Å². The third-order valence-electron chi connectivity index (χ3n) is 3.05. The maximum absolute atomic E-state index is 8.84. The molecular formula is C12H21BN2O. The summed E-state index contributed by atoms with van der Waals surface area (Å²) < 4.78 is 0. The zero-order valence-electron chi connectivity index (χ0n) is 10.2. The summed E-state index contributed by atoms with van der Waals surface area (Å²) in [6, 6.07) is 4.14. The first-order valence-corrected chi connectivity index (χ1v) is 5.80. The molecule has 16 heavy (non-hydrogen) atoms. The molecule has 3 nitrogen and oxygen atoms in total. The fourth-order valence-corrected chi connectivity index (χ4v) is 2.05. The molecule has 1 unspecified atom stereocenters. The number of aryl methyl sites for hydroxylation is 2. The molecule has 0 aromatic heterocycles. The van der Waals surface area contributed by atoms with Gasteiger partial charge in [-0.3, -0.25) is 0 Å². The first-order chi connectivity index (χ1) is 7.61. The average molecular weight is 220 g/mol. The van der Waals surface area contributed by atoms with Crippen molar-refractivity contribution in [2.24, 2.45) is 5.73 Å². The topological polar surface area (TPSA) is 72.3 Å². The summed E-state index contributed by atoms with van der Waals surface area (Å²) in [5.74, 6) is 0.286. The molecule has 0 amide bonds. The van der Waals surface area contributed by atoms with Gasteiger partial charge in [0.2, 0.25) is 0 Å². The summed E-state index contributed by atoms with van der Waals surface area (Å²) >= 11 is 0. The second-order valence-corrected chi connectivity index (χ2v) is 4.33. The van der Waals surface area contributed by atoms with Gasteiger partial charge in [0.15, 0.2) is 0 Å². The molecule has 0 radical (unpaired) electrons. The van der Waals surface area contributed by atoms with E-state index in [-0.39, 0.29) is 12.4 Å². The van der Waals surface area contributed by atoms with Crippen molar-refractivity contribution < 1.29 is 5.11 Å². The lowest BCUT2D eigenvalue weighted by Crippen LogP contribution is -2.16. The van der Waals surface area contributed by atoms with E-state index in [0.29, 0.717) is 6.54 Å². The molecule has 0 bridgehead atoms. The van der Waals surface area contributed by atoms with Gasteiger partial charge in [0.25, 0.3) is 0 Å². The van der Waals surface area contributed by atoms with Crippen molar-refractivity contribution in [1.82, 2.24) is 0 Å². The van der Waals surface area contributed by atoms with E-state index < -0.39 is 0 Å². The Hall–Kier alpha value is -0.995. The summed E-state index contributed by atoms with van der Waals surface area (Å²) in [4.78, 5) is 0. The highest BCUT2D eigenvalue weighted by Crippen LogP contribution is 2.27. The van der Waals surface area contributed by atoms with Gasteiger partial charge in [0.05, 0.1) is 0 Å². The zero-order valence-corrected chi connectivity index (χ0v) is 10.2. The number of nitrogen functional groups attached to an aromatic ring is 1. The van der Waals surface area contributed by atoms with E-state index in [4.69, 9.17) is 16.6 Å². The van der Waals surface area contributed by atoms with Gasteiger partial charge in [-0.1, -0.05) is 12.1 Å². The number of rotatable bonds is 5. The van der Waals surface area contributed by atoms with Crippen LogP contribution < -0.4 is 11.5 Å². The van der Waals surface area contributed by atoms with Crippen LogP contribution in [0.25, 0.3) is 0 Å². The Morgan fingerprint density at radius 2 is 2.12 bits per heavy atom. The Labute approximate surface area is 98.2 Å². The van der Waals surface area contributed by atoms with Crippen LogP contribution in [0.15, 0.2) is 12.1 Å². The number of aliphatic hydroxyl groups is 1. The zero-order chi connectivity index (χ0) is 12.1. The Balaban J connectivity index is 3.06. The molecule has 0 aliphatic rings. The van der Waals surface area contributed by atoms with Gasteiger partial charge in [-0.05, 0) is 48.8 Å². The molecule has 0 spiro atoms. The Morgan fingerprint density at radius 3 is 2.69 bits per heavy atom. The third kappa shape index (κ3) is 2.77. The lowest BCUT2D eigenvalue weighted by atomic mass is 9.77. The molecule has 1 atom stereocenters. The van der Waals surface area contributed by atoms with Crippen LogP contribution in [0.1, 0.15) is 28.9 Å². The number of hydrogen-bond acceptors (Lipinski definition) is 3. The standard InChI is InChI=1S/C12H21BN2O/c1-8-4-5-9(3-2-6-16)12(15)11(8)10(13)7-14/h4-5,10,16H,2-3,6-7,13-15H2,1H3. The third-order valence-corrected chi connectivity index (χ3v) is 3.05. The highest BCUT2D eigenvalue weighted by Gasteiger charge is 2.13. The van der Waals surface area contributed by atoms with Crippen LogP contribution in [-0.2, 0) is 6.42 Å². The quantitative estimate of drug-likeness (QED) is 0.488. The Morgan fingerprint density at radius 1 is 1.44 bits per heavy atom. The lowest BCUT2D eigenvalue weighted by molar-refractivity contribution is 0.288. The first-order valence-electron chi connectivity index (χ1n) is 5.80. The van der Waals surface area contributed by atoms with Crippen LogP contribution in [0.4, 0.5) is 5.69 Å². The van der Waals surface area contributed by atoms with E-state index in [1.807, 2.05) is 6.07 Å². The van der Waals surface area contributed by atoms with E-state index in [1.54, 1.807) is 0 Å². The van der Waals surface area contributed by atoms with Gasteiger partial charge in [0, 0.05) is 12.3 Å². The highest BCUT2D eigenvalue weighted by molar-refractivity contribution is 6.13. The van der Waals surface area contributed by atoms with Crippen molar-refractivity contribution in [3.8, 4) is 0 Å². The molecule has 0 fully saturated rings. The molecule has 88 valence electrons. The average Bonchev–Trinajstić information content (AvgIpc) is 2.28. The minimum Gasteiger partial charge on any atom is -0.398 e. The van der Waals surface area contributed by atoms with E-state index in [9.17, 15) is 0 Å². The normalized spacial score (nSPS) is 12.7. The lowest BCUT2D eigenvalue weighted by Gasteiger charge is -2.18. The van der Waals surface area contributed by atoms with E-state index >= 15 is 0 Å². The fraction of sp³-hybridized carbons (Fsp3) is 0.500. The van der Waals surface area contributed by atoms with E-state index in [0.717, 1.165) is 29.7 Å². The van der Waals surface area contributed by atoms with Crippen molar-refractivity contribution in [3.05, 3.63) is 28.8 Å². The monoisotopic (exact) mass is 220 g/mol. The fourth-order valence-electron chi connectivity index (χ4n) is 2.05. The molecule has 0 heterocycles.